The van der Waals surface area contributed by atoms with Crippen molar-refractivity contribution in [2.24, 2.45) is 11.7 Å². The van der Waals surface area contributed by atoms with Gasteiger partial charge in [-0.25, -0.2) is 0 Å². The van der Waals surface area contributed by atoms with Crippen molar-refractivity contribution in [3.8, 4) is 0 Å². The molecule has 5 nitrogen and oxygen atoms in total. The van der Waals surface area contributed by atoms with Crippen molar-refractivity contribution in [1.29, 1.82) is 0 Å². The van der Waals surface area contributed by atoms with Gasteiger partial charge in [-0.05, 0) is 24.3 Å². The number of amides is 1. The van der Waals surface area contributed by atoms with Gasteiger partial charge in [0, 0.05) is 32.7 Å². The molecule has 1 aromatic rings. The molecule has 126 valence electrons. The lowest BCUT2D eigenvalue weighted by Gasteiger charge is -2.36. The van der Waals surface area contributed by atoms with Crippen molar-refractivity contribution >= 4 is 5.91 Å². The van der Waals surface area contributed by atoms with Gasteiger partial charge in [-0.2, -0.15) is 0 Å². The maximum Gasteiger partial charge on any atom is 0.244 e. The molecule has 2 N–H and O–H groups in total. The standard InChI is InChI=1S/C18H27N3O2/c19-17(16-4-2-1-3-5-16)18(22)21-8-6-15(7-9-21)14-20-10-12-23-13-11-20/h1-5,15,17H,6-14,19H2/t17-/m1/s1. The number of benzene rings is 1. The van der Waals surface area contributed by atoms with Gasteiger partial charge in [0.2, 0.25) is 5.91 Å². The number of nitrogens with two attached hydrogens (primary N) is 1. The van der Waals surface area contributed by atoms with E-state index in [4.69, 9.17) is 10.5 Å². The Morgan fingerprint density at radius 2 is 1.78 bits per heavy atom. The van der Waals surface area contributed by atoms with Gasteiger partial charge < -0.3 is 15.4 Å². The van der Waals surface area contributed by atoms with Gasteiger partial charge in [0.25, 0.3) is 0 Å². The van der Waals surface area contributed by atoms with Crippen LogP contribution in [0.5, 0.6) is 0 Å². The van der Waals surface area contributed by atoms with Crippen LogP contribution in [0.1, 0.15) is 24.4 Å². The van der Waals surface area contributed by atoms with Crippen LogP contribution < -0.4 is 5.73 Å². The van der Waals surface area contributed by atoms with Crippen LogP contribution in [0.4, 0.5) is 0 Å². The van der Waals surface area contributed by atoms with Crippen LogP contribution in [0.3, 0.4) is 0 Å². The molecule has 5 heteroatoms. The molecule has 0 radical (unpaired) electrons. The molecule has 0 spiro atoms. The van der Waals surface area contributed by atoms with Crippen LogP contribution in [0.2, 0.25) is 0 Å². The minimum absolute atomic E-state index is 0.0565. The summed E-state index contributed by atoms with van der Waals surface area (Å²) in [5.74, 6) is 0.742. The number of morpholine rings is 1. The average Bonchev–Trinajstić information content (AvgIpc) is 2.63. The Kier molecular flexibility index (Phi) is 5.65. The molecule has 0 saturated carbocycles. The molecule has 0 bridgehead atoms. The van der Waals surface area contributed by atoms with E-state index in [2.05, 4.69) is 4.90 Å². The molecule has 0 aliphatic carbocycles. The first-order valence-corrected chi connectivity index (χ1v) is 8.63. The molecular formula is C18H27N3O2. The van der Waals surface area contributed by atoms with E-state index in [1.54, 1.807) is 0 Å². The van der Waals surface area contributed by atoms with E-state index >= 15 is 0 Å². The molecule has 1 aromatic carbocycles. The highest BCUT2D eigenvalue weighted by atomic mass is 16.5. The quantitative estimate of drug-likeness (QED) is 0.908. The summed E-state index contributed by atoms with van der Waals surface area (Å²) < 4.78 is 5.40. The van der Waals surface area contributed by atoms with E-state index < -0.39 is 6.04 Å². The predicted octanol–water partition coefficient (Wildman–Crippen LogP) is 1.26. The minimum Gasteiger partial charge on any atom is -0.379 e. The van der Waals surface area contributed by atoms with E-state index in [0.717, 1.165) is 64.3 Å². The lowest BCUT2D eigenvalue weighted by Crippen LogP contribution is -2.46. The van der Waals surface area contributed by atoms with E-state index in [0.29, 0.717) is 5.92 Å². The summed E-state index contributed by atoms with van der Waals surface area (Å²) in [5, 5.41) is 0. The fraction of sp³-hybridized carbons (Fsp3) is 0.611. The Labute approximate surface area is 138 Å². The SMILES string of the molecule is N[C@@H](C(=O)N1CCC(CN2CCOCC2)CC1)c1ccccc1. The van der Waals surface area contributed by atoms with Crippen molar-refractivity contribution in [3.05, 3.63) is 35.9 Å². The lowest BCUT2D eigenvalue weighted by molar-refractivity contribution is -0.134. The summed E-state index contributed by atoms with van der Waals surface area (Å²) in [7, 11) is 0. The number of hydrogen-bond donors (Lipinski definition) is 1. The summed E-state index contributed by atoms with van der Waals surface area (Å²) in [6.45, 7) is 6.57. The Morgan fingerprint density at radius 3 is 2.43 bits per heavy atom. The first-order valence-electron chi connectivity index (χ1n) is 8.63. The van der Waals surface area contributed by atoms with Gasteiger partial charge in [0.15, 0.2) is 0 Å². The van der Waals surface area contributed by atoms with Crippen LogP contribution >= 0.6 is 0 Å². The van der Waals surface area contributed by atoms with Crippen LogP contribution in [0.25, 0.3) is 0 Å². The highest BCUT2D eigenvalue weighted by Crippen LogP contribution is 2.22. The Balaban J connectivity index is 1.47. The van der Waals surface area contributed by atoms with Crippen LogP contribution in [0.15, 0.2) is 30.3 Å². The third kappa shape index (κ3) is 4.31. The number of carbonyl (C=O) groups is 1. The number of rotatable bonds is 4. The topological polar surface area (TPSA) is 58.8 Å². The normalized spacial score (nSPS) is 22.0. The second kappa shape index (κ2) is 7.90. The molecule has 3 rings (SSSR count). The van der Waals surface area contributed by atoms with Crippen molar-refractivity contribution in [3.63, 3.8) is 0 Å². The molecule has 2 fully saturated rings. The monoisotopic (exact) mass is 317 g/mol. The predicted molar refractivity (Wildman–Crippen MR) is 89.9 cm³/mol. The number of likely N-dealkylation sites (tertiary alicyclic amines) is 1. The zero-order valence-corrected chi connectivity index (χ0v) is 13.7. The third-order valence-electron chi connectivity index (χ3n) is 4.97. The second-order valence-corrected chi connectivity index (χ2v) is 6.57. The first kappa shape index (κ1) is 16.4. The molecule has 2 heterocycles. The molecular weight excluding hydrogens is 290 g/mol. The zero-order valence-electron chi connectivity index (χ0n) is 13.7. The molecule has 2 aliphatic heterocycles. The number of nitrogens with zero attached hydrogens (tertiary/aromatic N) is 2. The second-order valence-electron chi connectivity index (χ2n) is 6.57. The van der Waals surface area contributed by atoms with E-state index in [1.807, 2.05) is 35.2 Å². The highest BCUT2D eigenvalue weighted by molar-refractivity contribution is 5.83. The van der Waals surface area contributed by atoms with Crippen molar-refractivity contribution in [2.75, 3.05) is 45.9 Å². The Hall–Kier alpha value is -1.43. The molecule has 1 atom stereocenters. The summed E-state index contributed by atoms with van der Waals surface area (Å²) in [4.78, 5) is 17.0. The molecule has 0 aromatic heterocycles. The van der Waals surface area contributed by atoms with Crippen LogP contribution in [-0.2, 0) is 9.53 Å². The van der Waals surface area contributed by atoms with Crippen LogP contribution in [-0.4, -0.2) is 61.6 Å². The number of piperidine rings is 1. The molecule has 1 amide bonds. The van der Waals surface area contributed by atoms with Gasteiger partial charge >= 0.3 is 0 Å². The van der Waals surface area contributed by atoms with Gasteiger partial charge in [-0.3, -0.25) is 9.69 Å². The van der Waals surface area contributed by atoms with Gasteiger partial charge in [0.1, 0.15) is 6.04 Å². The number of ether oxygens (including phenoxy) is 1. The summed E-state index contributed by atoms with van der Waals surface area (Å²) >= 11 is 0. The molecule has 0 unspecified atom stereocenters. The van der Waals surface area contributed by atoms with Crippen LogP contribution in [0, 0.1) is 5.92 Å². The Bertz CT molecular complexity index is 494. The molecule has 2 saturated heterocycles. The molecule has 2 aliphatic rings. The van der Waals surface area contributed by atoms with E-state index in [9.17, 15) is 4.79 Å². The Morgan fingerprint density at radius 1 is 1.13 bits per heavy atom. The van der Waals surface area contributed by atoms with Gasteiger partial charge in [-0.1, -0.05) is 30.3 Å². The van der Waals surface area contributed by atoms with Gasteiger partial charge in [-0.15, -0.1) is 0 Å². The third-order valence-corrected chi connectivity index (χ3v) is 4.97. The van der Waals surface area contributed by atoms with Crippen molar-refractivity contribution in [2.45, 2.75) is 18.9 Å². The minimum atomic E-state index is -0.535. The maximum absolute atomic E-state index is 12.6. The summed E-state index contributed by atoms with van der Waals surface area (Å²) in [5.41, 5.74) is 7.04. The van der Waals surface area contributed by atoms with E-state index in [-0.39, 0.29) is 5.91 Å². The smallest absolute Gasteiger partial charge is 0.244 e. The summed E-state index contributed by atoms with van der Waals surface area (Å²) in [6, 6.07) is 9.11. The zero-order chi connectivity index (χ0) is 16.1. The first-order chi connectivity index (χ1) is 11.2. The average molecular weight is 317 g/mol. The number of carbonyl (C=O) groups excluding carboxylic acids is 1. The fourth-order valence-corrected chi connectivity index (χ4v) is 3.48. The molecule has 23 heavy (non-hydrogen) atoms. The van der Waals surface area contributed by atoms with Crippen molar-refractivity contribution < 1.29 is 9.53 Å². The summed E-state index contributed by atoms with van der Waals surface area (Å²) in [6.07, 6.45) is 2.15. The van der Waals surface area contributed by atoms with Gasteiger partial charge in [0.05, 0.1) is 13.2 Å². The largest absolute Gasteiger partial charge is 0.379 e. The maximum atomic E-state index is 12.6. The lowest BCUT2D eigenvalue weighted by atomic mass is 9.95. The number of hydrogen-bond acceptors (Lipinski definition) is 4. The van der Waals surface area contributed by atoms with E-state index in [1.165, 1.54) is 0 Å². The van der Waals surface area contributed by atoms with Crippen molar-refractivity contribution in [1.82, 2.24) is 9.80 Å². The fourth-order valence-electron chi connectivity index (χ4n) is 3.48. The highest BCUT2D eigenvalue weighted by Gasteiger charge is 2.28.